The first kappa shape index (κ1) is 16.8. The summed E-state index contributed by atoms with van der Waals surface area (Å²) in [4.78, 5) is 4.56. The predicted octanol–water partition coefficient (Wildman–Crippen LogP) is 4.77. The number of pyridine rings is 1. The van der Waals surface area contributed by atoms with Crippen LogP contribution in [0, 0.1) is 11.6 Å². The average molecular weight is 381 g/mol. The molecule has 2 aromatic carbocycles. The predicted molar refractivity (Wildman–Crippen MR) is 103 cm³/mol. The highest BCUT2D eigenvalue weighted by Crippen LogP contribution is 2.45. The SMILES string of the molecule is COc1cccc(-c2c(F)ccc3c(N)c4c(O)n(C5CC5)cc4nc23)c1F. The van der Waals surface area contributed by atoms with E-state index < -0.39 is 11.6 Å². The van der Waals surface area contributed by atoms with E-state index in [1.807, 2.05) is 0 Å². The van der Waals surface area contributed by atoms with Crippen molar-refractivity contribution in [3.05, 3.63) is 48.2 Å². The third kappa shape index (κ3) is 2.25. The molecule has 0 unspecified atom stereocenters. The van der Waals surface area contributed by atoms with Crippen molar-refractivity contribution in [2.24, 2.45) is 0 Å². The quantitative estimate of drug-likeness (QED) is 0.536. The number of hydrogen-bond acceptors (Lipinski definition) is 4. The zero-order valence-electron chi connectivity index (χ0n) is 15.0. The highest BCUT2D eigenvalue weighted by Gasteiger charge is 2.29. The highest BCUT2D eigenvalue weighted by atomic mass is 19.1. The Kier molecular flexibility index (Phi) is 3.49. The molecule has 5 rings (SSSR count). The Morgan fingerprint density at radius 3 is 2.71 bits per heavy atom. The van der Waals surface area contributed by atoms with Crippen LogP contribution in [0.25, 0.3) is 32.9 Å². The average Bonchev–Trinajstić information content (AvgIpc) is 3.46. The minimum Gasteiger partial charge on any atom is -0.494 e. The standard InChI is InChI=1S/C21H17F2N3O2/c1-28-15-4-2-3-11(18(15)23)16-13(22)8-7-12-19(24)17-14(25-20(12)16)9-26(21(17)27)10-5-6-10/h2-4,7-10,27H,5-6,24H2,1H3. The molecule has 4 aromatic rings. The van der Waals surface area contributed by atoms with E-state index in [0.29, 0.717) is 22.0 Å². The van der Waals surface area contributed by atoms with Gasteiger partial charge in [-0.05, 0) is 31.0 Å². The van der Waals surface area contributed by atoms with Crippen LogP contribution in [0.3, 0.4) is 0 Å². The van der Waals surface area contributed by atoms with E-state index in [2.05, 4.69) is 4.98 Å². The van der Waals surface area contributed by atoms with E-state index in [1.54, 1.807) is 16.8 Å². The Balaban J connectivity index is 1.88. The Morgan fingerprint density at radius 2 is 2.00 bits per heavy atom. The van der Waals surface area contributed by atoms with E-state index in [0.717, 1.165) is 12.8 Å². The molecule has 0 amide bonds. The summed E-state index contributed by atoms with van der Waals surface area (Å²) in [6.07, 6.45) is 3.67. The minimum absolute atomic E-state index is 0.0143. The topological polar surface area (TPSA) is 73.3 Å². The molecule has 2 heterocycles. The number of nitrogens with two attached hydrogens (primary N) is 1. The van der Waals surface area contributed by atoms with Crippen molar-refractivity contribution in [1.29, 1.82) is 0 Å². The first-order valence-electron chi connectivity index (χ1n) is 8.95. The molecule has 5 nitrogen and oxygen atoms in total. The van der Waals surface area contributed by atoms with Crippen LogP contribution in [0.5, 0.6) is 11.6 Å². The molecule has 1 aliphatic carbocycles. The number of rotatable bonds is 3. The Labute approximate surface area is 159 Å². The van der Waals surface area contributed by atoms with E-state index in [-0.39, 0.29) is 34.3 Å². The van der Waals surface area contributed by atoms with Gasteiger partial charge in [0.15, 0.2) is 11.6 Å². The summed E-state index contributed by atoms with van der Waals surface area (Å²) in [5.41, 5.74) is 7.37. The monoisotopic (exact) mass is 381 g/mol. The van der Waals surface area contributed by atoms with Crippen molar-refractivity contribution in [3.8, 4) is 22.8 Å². The second-order valence-electron chi connectivity index (χ2n) is 7.02. The maximum atomic E-state index is 14.9. The molecule has 0 aliphatic heterocycles. The molecular formula is C21H17F2N3O2. The van der Waals surface area contributed by atoms with Crippen LogP contribution < -0.4 is 10.5 Å². The van der Waals surface area contributed by atoms with Crippen molar-refractivity contribution >= 4 is 27.5 Å². The van der Waals surface area contributed by atoms with Gasteiger partial charge in [0, 0.05) is 28.8 Å². The number of aromatic hydroxyl groups is 1. The first-order valence-corrected chi connectivity index (χ1v) is 8.95. The van der Waals surface area contributed by atoms with E-state index >= 15 is 0 Å². The fraction of sp³-hybridized carbons (Fsp3) is 0.190. The fourth-order valence-electron chi connectivity index (χ4n) is 3.75. The Bertz CT molecular complexity index is 1260. The van der Waals surface area contributed by atoms with E-state index in [4.69, 9.17) is 10.5 Å². The lowest BCUT2D eigenvalue weighted by Gasteiger charge is -2.12. The molecule has 0 atom stereocenters. The summed E-state index contributed by atoms with van der Waals surface area (Å²) in [7, 11) is 1.35. The number of fused-ring (bicyclic) bond motifs is 2. The molecule has 0 spiro atoms. The lowest BCUT2D eigenvalue weighted by atomic mass is 9.99. The van der Waals surface area contributed by atoms with Crippen LogP contribution in [-0.2, 0) is 0 Å². The molecule has 0 bridgehead atoms. The second kappa shape index (κ2) is 5.82. The molecule has 28 heavy (non-hydrogen) atoms. The number of anilines is 1. The molecule has 3 N–H and O–H groups in total. The summed E-state index contributed by atoms with van der Waals surface area (Å²) < 4.78 is 36.5. The van der Waals surface area contributed by atoms with E-state index in [1.165, 1.54) is 31.4 Å². The third-order valence-corrected chi connectivity index (χ3v) is 5.30. The number of benzene rings is 2. The first-order chi connectivity index (χ1) is 13.5. The second-order valence-corrected chi connectivity index (χ2v) is 7.02. The van der Waals surface area contributed by atoms with Crippen molar-refractivity contribution in [2.45, 2.75) is 18.9 Å². The van der Waals surface area contributed by atoms with Crippen molar-refractivity contribution in [3.63, 3.8) is 0 Å². The van der Waals surface area contributed by atoms with Gasteiger partial charge in [-0.25, -0.2) is 13.8 Å². The molecule has 0 saturated heterocycles. The number of aromatic nitrogens is 2. The minimum atomic E-state index is -0.671. The maximum absolute atomic E-state index is 14.9. The molecule has 142 valence electrons. The number of ether oxygens (including phenoxy) is 1. The van der Waals surface area contributed by atoms with Gasteiger partial charge in [-0.1, -0.05) is 12.1 Å². The van der Waals surface area contributed by atoms with Crippen LogP contribution >= 0.6 is 0 Å². The van der Waals surface area contributed by atoms with Gasteiger partial charge in [0.25, 0.3) is 0 Å². The summed E-state index contributed by atoms with van der Waals surface area (Å²) in [5.74, 6) is -1.21. The molecule has 1 saturated carbocycles. The number of methoxy groups -OCH3 is 1. The smallest absolute Gasteiger partial charge is 0.203 e. The van der Waals surface area contributed by atoms with Gasteiger partial charge in [-0.3, -0.25) is 0 Å². The number of nitrogens with zero attached hydrogens (tertiary/aromatic N) is 2. The fourth-order valence-corrected chi connectivity index (χ4v) is 3.75. The lowest BCUT2D eigenvalue weighted by Crippen LogP contribution is -1.98. The molecular weight excluding hydrogens is 364 g/mol. The van der Waals surface area contributed by atoms with Gasteiger partial charge in [0.1, 0.15) is 5.82 Å². The summed E-state index contributed by atoms with van der Waals surface area (Å²) in [5, 5.41) is 11.5. The normalized spacial score (nSPS) is 14.1. The largest absolute Gasteiger partial charge is 0.494 e. The Morgan fingerprint density at radius 1 is 1.21 bits per heavy atom. The van der Waals surface area contributed by atoms with Crippen molar-refractivity contribution in [2.75, 3.05) is 12.8 Å². The van der Waals surface area contributed by atoms with Crippen LogP contribution in [0.4, 0.5) is 14.5 Å². The van der Waals surface area contributed by atoms with Gasteiger partial charge >= 0.3 is 0 Å². The summed E-state index contributed by atoms with van der Waals surface area (Å²) in [6, 6.07) is 7.49. The number of hydrogen-bond donors (Lipinski definition) is 2. The zero-order valence-corrected chi connectivity index (χ0v) is 15.0. The van der Waals surface area contributed by atoms with Crippen molar-refractivity contribution in [1.82, 2.24) is 9.55 Å². The summed E-state index contributed by atoms with van der Waals surface area (Å²) >= 11 is 0. The van der Waals surface area contributed by atoms with Crippen LogP contribution in [0.2, 0.25) is 0 Å². The number of halogens is 2. The maximum Gasteiger partial charge on any atom is 0.203 e. The van der Waals surface area contributed by atoms with Gasteiger partial charge < -0.3 is 20.1 Å². The van der Waals surface area contributed by atoms with Crippen LogP contribution in [0.15, 0.2) is 36.5 Å². The van der Waals surface area contributed by atoms with Crippen LogP contribution in [-0.4, -0.2) is 21.8 Å². The Hall–Kier alpha value is -3.35. The number of nitrogen functional groups attached to an aromatic ring is 1. The van der Waals surface area contributed by atoms with Crippen LogP contribution in [0.1, 0.15) is 18.9 Å². The van der Waals surface area contributed by atoms with Crippen molar-refractivity contribution < 1.29 is 18.6 Å². The summed E-state index contributed by atoms with van der Waals surface area (Å²) in [6.45, 7) is 0. The highest BCUT2D eigenvalue weighted by molar-refractivity contribution is 6.12. The molecule has 0 radical (unpaired) electrons. The van der Waals surface area contributed by atoms with Gasteiger partial charge in [0.2, 0.25) is 5.88 Å². The van der Waals surface area contributed by atoms with Gasteiger partial charge in [0.05, 0.1) is 29.2 Å². The van der Waals surface area contributed by atoms with Gasteiger partial charge in [-0.15, -0.1) is 0 Å². The molecule has 7 heteroatoms. The van der Waals surface area contributed by atoms with E-state index in [9.17, 15) is 13.9 Å². The lowest BCUT2D eigenvalue weighted by molar-refractivity contribution is 0.387. The van der Waals surface area contributed by atoms with Gasteiger partial charge in [-0.2, -0.15) is 0 Å². The molecule has 1 aliphatic rings. The third-order valence-electron chi connectivity index (χ3n) is 5.30. The molecule has 2 aromatic heterocycles. The molecule has 1 fully saturated rings. The zero-order chi connectivity index (χ0) is 19.6.